The van der Waals surface area contributed by atoms with Gasteiger partial charge < -0.3 is 9.84 Å². The second-order valence-corrected chi connectivity index (χ2v) is 5.96. The summed E-state index contributed by atoms with van der Waals surface area (Å²) in [4.78, 5) is 13.7. The Balaban J connectivity index is 1.70. The van der Waals surface area contributed by atoms with E-state index in [0.29, 0.717) is 17.0 Å². The highest BCUT2D eigenvalue weighted by Gasteiger charge is 2.42. The highest BCUT2D eigenvalue weighted by atomic mass is 19.4. The van der Waals surface area contributed by atoms with Gasteiger partial charge in [-0.2, -0.15) is 5.01 Å². The summed E-state index contributed by atoms with van der Waals surface area (Å²) in [7, 11) is 1.49. The van der Waals surface area contributed by atoms with Crippen LogP contribution in [-0.2, 0) is 4.74 Å². The number of fused-ring (bicyclic) bond motifs is 3. The Kier molecular flexibility index (Phi) is 3.65. The first-order chi connectivity index (χ1) is 12.8. The average molecular weight is 378 g/mol. The highest BCUT2D eigenvalue weighted by molar-refractivity contribution is 6.03. The van der Waals surface area contributed by atoms with E-state index in [2.05, 4.69) is 10.3 Å². The number of nitrogens with one attached hydrogen (secondary N) is 1. The number of hydrazine groups is 2. The van der Waals surface area contributed by atoms with Crippen molar-refractivity contribution < 1.29 is 32.5 Å². The van der Waals surface area contributed by atoms with Crippen LogP contribution in [0.1, 0.15) is 16.8 Å². The molecule has 0 atom stereocenters. The molecule has 2 heterocycles. The number of carbonyl (C=O) groups is 1. The monoisotopic (exact) mass is 378 g/mol. The standard InChI is InChI=1S/C17H13F3N4O3/c1-22-14-16(26)23(10-6-8-11(9-7-10)27-17(18,19)20)21-24(14)13-5-3-2-4-12(13)15(22)25/h2-6,8-9,21H,7H2,1H3. The van der Waals surface area contributed by atoms with Crippen molar-refractivity contribution in [2.45, 2.75) is 12.8 Å². The van der Waals surface area contributed by atoms with E-state index in [1.165, 1.54) is 33.8 Å². The molecule has 0 fully saturated rings. The van der Waals surface area contributed by atoms with Crippen LogP contribution >= 0.6 is 0 Å². The number of ether oxygens (including phenoxy) is 1. The van der Waals surface area contributed by atoms with E-state index in [9.17, 15) is 23.1 Å². The Hall–Kier alpha value is -3.43. The predicted molar refractivity (Wildman–Crippen MR) is 85.4 cm³/mol. The van der Waals surface area contributed by atoms with Crippen LogP contribution in [0.25, 0.3) is 0 Å². The van der Waals surface area contributed by atoms with Gasteiger partial charge in [0.1, 0.15) is 5.76 Å². The van der Waals surface area contributed by atoms with E-state index in [0.717, 1.165) is 6.08 Å². The Labute approximate surface area is 151 Å². The van der Waals surface area contributed by atoms with E-state index >= 15 is 0 Å². The first-order valence-corrected chi connectivity index (χ1v) is 7.91. The van der Waals surface area contributed by atoms with Crippen LogP contribution in [0, 0.1) is 0 Å². The lowest BCUT2D eigenvalue weighted by Crippen LogP contribution is -2.47. The minimum absolute atomic E-state index is 0.0427. The number of carbonyl (C=O) groups excluding carboxylic acids is 1. The summed E-state index contributed by atoms with van der Waals surface area (Å²) < 4.78 is 41.9. The predicted octanol–water partition coefficient (Wildman–Crippen LogP) is 1.33. The molecular formula is C17H13F3N4O3. The second-order valence-electron chi connectivity index (χ2n) is 5.96. The molecule has 0 spiro atoms. The average Bonchev–Trinajstić information content (AvgIpc) is 2.97. The second kappa shape index (κ2) is 5.79. The molecular weight excluding hydrogens is 365 g/mol. The number of hydrogen-bond donors (Lipinski definition) is 1. The summed E-state index contributed by atoms with van der Waals surface area (Å²) in [6.07, 6.45) is -1.02. The molecule has 10 heteroatoms. The summed E-state index contributed by atoms with van der Waals surface area (Å²) in [5, 5.41) is 14.3. The molecule has 4 rings (SSSR count). The molecule has 0 radical (unpaired) electrons. The summed E-state index contributed by atoms with van der Waals surface area (Å²) in [6.45, 7) is 0. The number of amides is 1. The molecule has 1 aliphatic carbocycles. The number of hydrazone groups is 1. The SMILES string of the molecule is CN1C(=O)c2ccccc2N2N[N+](=C3C=CC(OC(F)(F)F)=CC3)C([O-])=C12. The van der Waals surface area contributed by atoms with Crippen molar-refractivity contribution in [3.8, 4) is 0 Å². The number of halogens is 3. The molecule has 27 heavy (non-hydrogen) atoms. The number of hydrogen-bond acceptors (Lipinski definition) is 5. The van der Waals surface area contributed by atoms with Crippen molar-refractivity contribution in [2.24, 2.45) is 0 Å². The number of nitrogens with zero attached hydrogens (tertiary/aromatic N) is 3. The number of para-hydroxylation sites is 1. The maximum atomic E-state index is 12.8. The van der Waals surface area contributed by atoms with Crippen LogP contribution in [0.15, 0.2) is 60.0 Å². The molecule has 1 aromatic carbocycles. The Morgan fingerprint density at radius 2 is 2.00 bits per heavy atom. The third-order valence-electron chi connectivity index (χ3n) is 4.28. The molecule has 0 aromatic heterocycles. The maximum absolute atomic E-state index is 12.8. The molecule has 2 aliphatic heterocycles. The number of allylic oxidation sites excluding steroid dienone is 3. The van der Waals surface area contributed by atoms with Gasteiger partial charge in [0, 0.05) is 13.1 Å². The zero-order chi connectivity index (χ0) is 19.3. The van der Waals surface area contributed by atoms with Gasteiger partial charge in [0.05, 0.1) is 17.7 Å². The number of rotatable bonds is 1. The molecule has 0 bridgehead atoms. The van der Waals surface area contributed by atoms with E-state index in [4.69, 9.17) is 0 Å². The van der Waals surface area contributed by atoms with E-state index in [1.807, 2.05) is 0 Å². The summed E-state index contributed by atoms with van der Waals surface area (Å²) in [5.74, 6) is -1.05. The van der Waals surface area contributed by atoms with Crippen molar-refractivity contribution >= 4 is 17.3 Å². The van der Waals surface area contributed by atoms with E-state index in [1.54, 1.807) is 24.3 Å². The highest BCUT2D eigenvalue weighted by Crippen LogP contribution is 2.34. The Bertz CT molecular complexity index is 962. The fourth-order valence-electron chi connectivity index (χ4n) is 3.07. The molecule has 3 aliphatic rings. The van der Waals surface area contributed by atoms with Crippen LogP contribution in [0.3, 0.4) is 0 Å². The first kappa shape index (κ1) is 17.0. The van der Waals surface area contributed by atoms with Gasteiger partial charge in [0.15, 0.2) is 0 Å². The maximum Gasteiger partial charge on any atom is 0.573 e. The molecule has 7 nitrogen and oxygen atoms in total. The summed E-state index contributed by atoms with van der Waals surface area (Å²) in [5.41, 5.74) is 4.24. The van der Waals surface area contributed by atoms with Gasteiger partial charge in [-0.1, -0.05) is 22.4 Å². The summed E-state index contributed by atoms with van der Waals surface area (Å²) >= 11 is 0. The lowest BCUT2D eigenvalue weighted by Gasteiger charge is -2.31. The topological polar surface area (TPSA) is 70.9 Å². The van der Waals surface area contributed by atoms with Crippen LogP contribution in [0.2, 0.25) is 0 Å². The summed E-state index contributed by atoms with van der Waals surface area (Å²) in [6, 6.07) is 6.80. The van der Waals surface area contributed by atoms with Crippen LogP contribution in [0.4, 0.5) is 18.9 Å². The smallest absolute Gasteiger partial charge is 0.573 e. The van der Waals surface area contributed by atoms with Crippen molar-refractivity contribution in [1.29, 1.82) is 0 Å². The molecule has 0 saturated heterocycles. The molecule has 0 unspecified atom stereocenters. The molecule has 140 valence electrons. The van der Waals surface area contributed by atoms with Gasteiger partial charge in [-0.3, -0.25) is 9.69 Å². The number of benzene rings is 1. The minimum atomic E-state index is -4.78. The van der Waals surface area contributed by atoms with Gasteiger partial charge in [0.25, 0.3) is 5.91 Å². The van der Waals surface area contributed by atoms with Gasteiger partial charge >= 0.3 is 6.36 Å². The normalized spacial score (nSPS) is 21.8. The van der Waals surface area contributed by atoms with E-state index in [-0.39, 0.29) is 23.9 Å². The van der Waals surface area contributed by atoms with Crippen LogP contribution in [0.5, 0.6) is 0 Å². The molecule has 1 N–H and O–H groups in total. The third kappa shape index (κ3) is 2.78. The number of alkyl halides is 3. The van der Waals surface area contributed by atoms with Crippen LogP contribution in [-0.4, -0.2) is 34.6 Å². The van der Waals surface area contributed by atoms with Crippen molar-refractivity contribution in [1.82, 2.24) is 10.4 Å². The Morgan fingerprint density at radius 3 is 2.67 bits per heavy atom. The zero-order valence-electron chi connectivity index (χ0n) is 13.9. The van der Waals surface area contributed by atoms with Gasteiger partial charge in [-0.15, -0.1) is 13.2 Å². The fraction of sp³-hybridized carbons (Fsp3) is 0.176. The molecule has 1 aromatic rings. The fourth-order valence-corrected chi connectivity index (χ4v) is 3.07. The molecule has 0 saturated carbocycles. The third-order valence-corrected chi connectivity index (χ3v) is 4.28. The van der Waals surface area contributed by atoms with Crippen molar-refractivity contribution in [2.75, 3.05) is 12.1 Å². The van der Waals surface area contributed by atoms with Crippen molar-refractivity contribution in [3.63, 3.8) is 0 Å². The number of anilines is 1. The Morgan fingerprint density at radius 1 is 1.26 bits per heavy atom. The quantitative estimate of drug-likeness (QED) is 0.747. The lowest BCUT2D eigenvalue weighted by atomic mass is 10.1. The molecule has 1 amide bonds. The van der Waals surface area contributed by atoms with Gasteiger partial charge in [-0.05, 0) is 24.3 Å². The van der Waals surface area contributed by atoms with Crippen molar-refractivity contribution in [3.05, 3.63) is 65.5 Å². The van der Waals surface area contributed by atoms with Gasteiger partial charge in [-0.25, -0.2) is 0 Å². The van der Waals surface area contributed by atoms with E-state index < -0.39 is 12.2 Å². The largest absolute Gasteiger partial charge is 0.818 e. The minimum Gasteiger partial charge on any atom is -0.818 e. The van der Waals surface area contributed by atoms with Crippen LogP contribution < -0.4 is 15.7 Å². The first-order valence-electron chi connectivity index (χ1n) is 7.91. The zero-order valence-corrected chi connectivity index (χ0v) is 13.9. The lowest BCUT2D eigenvalue weighted by molar-refractivity contribution is -0.634. The van der Waals surface area contributed by atoms with Gasteiger partial charge in [0.2, 0.25) is 17.4 Å².